The largest absolute Gasteiger partial charge is 0.507 e. The first-order valence-corrected chi connectivity index (χ1v) is 11.0. The summed E-state index contributed by atoms with van der Waals surface area (Å²) in [5.41, 5.74) is 3.75. The van der Waals surface area contributed by atoms with Gasteiger partial charge in [-0.2, -0.15) is 0 Å². The summed E-state index contributed by atoms with van der Waals surface area (Å²) in [6.07, 6.45) is 3.29. The number of rotatable bonds is 8. The summed E-state index contributed by atoms with van der Waals surface area (Å²) in [6.45, 7) is -0.124. The molecule has 3 N–H and O–H groups in total. The molecule has 2 atom stereocenters. The number of aliphatic hydroxyl groups is 1. The monoisotopic (exact) mass is 450 g/mol. The summed E-state index contributed by atoms with van der Waals surface area (Å²) in [6, 6.07) is 30.9. The van der Waals surface area contributed by atoms with Crippen molar-refractivity contribution in [1.29, 1.82) is 0 Å². The molecule has 0 spiro atoms. The number of hydrogen-bond donors (Lipinski definition) is 3. The Morgan fingerprint density at radius 2 is 1.09 bits per heavy atom. The highest BCUT2D eigenvalue weighted by Crippen LogP contribution is 2.36. The number of benzene rings is 4. The molecule has 0 aliphatic rings. The molecule has 0 heterocycles. The van der Waals surface area contributed by atoms with Crippen molar-refractivity contribution in [2.75, 3.05) is 0 Å². The molecule has 4 aromatic rings. The lowest BCUT2D eigenvalue weighted by molar-refractivity contribution is 0.281. The number of phenols is 2. The van der Waals surface area contributed by atoms with Crippen LogP contribution in [0.15, 0.2) is 113 Å². The van der Waals surface area contributed by atoms with Crippen LogP contribution in [-0.4, -0.2) is 27.7 Å². The first kappa shape index (κ1) is 23.0. The van der Waals surface area contributed by atoms with Crippen molar-refractivity contribution in [1.82, 2.24) is 0 Å². The Morgan fingerprint density at radius 3 is 1.65 bits per heavy atom. The number of phenolic OH excluding ortho intramolecular Hbond substituents is 2. The van der Waals surface area contributed by atoms with Crippen LogP contribution in [0.25, 0.3) is 0 Å². The first-order chi connectivity index (χ1) is 16.7. The average molecular weight is 451 g/mol. The van der Waals surface area contributed by atoms with E-state index in [0.29, 0.717) is 16.7 Å². The normalized spacial score (nSPS) is 13.3. The van der Waals surface area contributed by atoms with E-state index in [9.17, 15) is 15.3 Å². The predicted octanol–water partition coefficient (Wildman–Crippen LogP) is 5.61. The lowest BCUT2D eigenvalue weighted by Crippen LogP contribution is -2.09. The third-order valence-electron chi connectivity index (χ3n) is 5.54. The maximum atomic E-state index is 10.3. The minimum atomic E-state index is -0.400. The van der Waals surface area contributed by atoms with Crippen LogP contribution < -0.4 is 0 Å². The van der Waals surface area contributed by atoms with Crippen molar-refractivity contribution in [3.63, 3.8) is 0 Å². The third kappa shape index (κ3) is 5.57. The molecule has 0 aromatic heterocycles. The molecule has 0 saturated carbocycles. The lowest BCUT2D eigenvalue weighted by Gasteiger charge is -2.22. The van der Waals surface area contributed by atoms with Gasteiger partial charge in [0.2, 0.25) is 0 Å². The van der Waals surface area contributed by atoms with E-state index in [1.165, 1.54) is 0 Å². The van der Waals surface area contributed by atoms with Gasteiger partial charge in [-0.3, -0.25) is 9.98 Å². The van der Waals surface area contributed by atoms with Crippen molar-refractivity contribution in [3.8, 4) is 11.5 Å². The van der Waals surface area contributed by atoms with Gasteiger partial charge >= 0.3 is 0 Å². The smallest absolute Gasteiger partial charge is 0.124 e. The van der Waals surface area contributed by atoms with Crippen LogP contribution in [0, 0.1) is 0 Å². The van der Waals surface area contributed by atoms with E-state index in [2.05, 4.69) is 0 Å². The van der Waals surface area contributed by atoms with Gasteiger partial charge in [0.05, 0.1) is 6.61 Å². The molecule has 0 saturated heterocycles. The fraction of sp³-hybridized carbons (Fsp3) is 0.103. The molecule has 5 heteroatoms. The summed E-state index contributed by atoms with van der Waals surface area (Å²) >= 11 is 0. The van der Waals surface area contributed by atoms with Crippen LogP contribution >= 0.6 is 0 Å². The van der Waals surface area contributed by atoms with E-state index in [1.54, 1.807) is 48.8 Å². The van der Waals surface area contributed by atoms with Gasteiger partial charge in [-0.25, -0.2) is 0 Å². The molecule has 34 heavy (non-hydrogen) atoms. The highest BCUT2D eigenvalue weighted by Gasteiger charge is 2.23. The van der Waals surface area contributed by atoms with Gasteiger partial charge < -0.3 is 15.3 Å². The maximum absolute atomic E-state index is 10.3. The molecule has 0 aliphatic carbocycles. The van der Waals surface area contributed by atoms with Crippen LogP contribution in [0.3, 0.4) is 0 Å². The standard InChI is InChI=1S/C29H26N2O3/c32-20-21-15-16-27(34)25(17-21)19-31-29(23-11-5-2-6-12-23)28(22-9-3-1-4-10-22)30-18-24-13-7-8-14-26(24)33/h1-19,28-29,32-34H,20H2. The van der Waals surface area contributed by atoms with Crippen molar-refractivity contribution < 1.29 is 15.3 Å². The summed E-state index contributed by atoms with van der Waals surface area (Å²) in [5, 5.41) is 30.0. The Labute approximate surface area is 199 Å². The van der Waals surface area contributed by atoms with Crippen molar-refractivity contribution in [2.24, 2.45) is 9.98 Å². The van der Waals surface area contributed by atoms with Crippen LogP contribution in [-0.2, 0) is 6.61 Å². The number of aromatic hydroxyl groups is 2. The van der Waals surface area contributed by atoms with E-state index in [0.717, 1.165) is 11.1 Å². The molecule has 0 bridgehead atoms. The Balaban J connectivity index is 1.80. The summed E-state index contributed by atoms with van der Waals surface area (Å²) in [4.78, 5) is 9.74. The number of nitrogens with zero attached hydrogens (tertiary/aromatic N) is 2. The zero-order valence-electron chi connectivity index (χ0n) is 18.6. The molecule has 0 fully saturated rings. The second-order valence-corrected chi connectivity index (χ2v) is 7.88. The molecule has 4 rings (SSSR count). The summed E-state index contributed by atoms with van der Waals surface area (Å²) in [7, 11) is 0. The van der Waals surface area contributed by atoms with Crippen molar-refractivity contribution in [3.05, 3.63) is 131 Å². The molecular formula is C29H26N2O3. The SMILES string of the molecule is OCc1ccc(O)c(C=NC(c2ccccc2)C(N=Cc2ccccc2O)c2ccccc2)c1. The molecule has 0 amide bonds. The molecular weight excluding hydrogens is 424 g/mol. The van der Waals surface area contributed by atoms with E-state index >= 15 is 0 Å². The average Bonchev–Trinajstić information content (AvgIpc) is 2.89. The van der Waals surface area contributed by atoms with E-state index in [-0.39, 0.29) is 24.1 Å². The number of aliphatic hydroxyl groups excluding tert-OH is 1. The zero-order valence-corrected chi connectivity index (χ0v) is 18.6. The minimum absolute atomic E-state index is 0.0849. The quantitative estimate of drug-likeness (QED) is 0.305. The Kier molecular flexibility index (Phi) is 7.48. The number of aliphatic imine (C=N–C) groups is 2. The molecule has 0 aliphatic heterocycles. The third-order valence-corrected chi connectivity index (χ3v) is 5.54. The molecule has 170 valence electrons. The fourth-order valence-corrected chi connectivity index (χ4v) is 3.72. The van der Waals surface area contributed by atoms with Gasteiger partial charge in [0.25, 0.3) is 0 Å². The lowest BCUT2D eigenvalue weighted by atomic mass is 9.94. The van der Waals surface area contributed by atoms with Gasteiger partial charge in [0, 0.05) is 23.6 Å². The topological polar surface area (TPSA) is 85.4 Å². The minimum Gasteiger partial charge on any atom is -0.507 e. The maximum Gasteiger partial charge on any atom is 0.124 e. The number of para-hydroxylation sites is 1. The van der Waals surface area contributed by atoms with Crippen molar-refractivity contribution >= 4 is 12.4 Å². The van der Waals surface area contributed by atoms with E-state index in [1.807, 2.05) is 66.7 Å². The van der Waals surface area contributed by atoms with Crippen LogP contribution in [0.4, 0.5) is 0 Å². The first-order valence-electron chi connectivity index (χ1n) is 11.0. The number of hydrogen-bond acceptors (Lipinski definition) is 5. The van der Waals surface area contributed by atoms with Crippen LogP contribution in [0.1, 0.15) is 39.9 Å². The van der Waals surface area contributed by atoms with Crippen molar-refractivity contribution in [2.45, 2.75) is 18.7 Å². The van der Waals surface area contributed by atoms with E-state index in [4.69, 9.17) is 9.98 Å². The Bertz CT molecular complexity index is 1270. The molecule has 4 aromatic carbocycles. The van der Waals surface area contributed by atoms with Crippen LogP contribution in [0.2, 0.25) is 0 Å². The summed E-state index contributed by atoms with van der Waals surface area (Å²) in [5.74, 6) is 0.241. The molecule has 5 nitrogen and oxygen atoms in total. The van der Waals surface area contributed by atoms with E-state index < -0.39 is 6.04 Å². The fourth-order valence-electron chi connectivity index (χ4n) is 3.72. The predicted molar refractivity (Wildman–Crippen MR) is 136 cm³/mol. The molecule has 0 radical (unpaired) electrons. The van der Waals surface area contributed by atoms with Crippen LogP contribution in [0.5, 0.6) is 11.5 Å². The van der Waals surface area contributed by atoms with Gasteiger partial charge in [0.1, 0.15) is 23.6 Å². The summed E-state index contributed by atoms with van der Waals surface area (Å²) < 4.78 is 0. The van der Waals surface area contributed by atoms with Gasteiger partial charge in [0.15, 0.2) is 0 Å². The second-order valence-electron chi connectivity index (χ2n) is 7.88. The molecule has 2 unspecified atom stereocenters. The van der Waals surface area contributed by atoms with Gasteiger partial charge in [-0.05, 0) is 41.0 Å². The zero-order chi connectivity index (χ0) is 23.8. The second kappa shape index (κ2) is 11.1. The highest BCUT2D eigenvalue weighted by atomic mass is 16.3. The van der Waals surface area contributed by atoms with Gasteiger partial charge in [-0.15, -0.1) is 0 Å². The highest BCUT2D eigenvalue weighted by molar-refractivity contribution is 5.84. The van der Waals surface area contributed by atoms with Gasteiger partial charge in [-0.1, -0.05) is 78.9 Å². The Hall–Kier alpha value is -4.22. The Morgan fingerprint density at radius 1 is 0.588 bits per heavy atom.